The first kappa shape index (κ1) is 13.3. The van der Waals surface area contributed by atoms with Crippen LogP contribution in [0.4, 0.5) is 10.1 Å². The van der Waals surface area contributed by atoms with Gasteiger partial charge >= 0.3 is 0 Å². The highest BCUT2D eigenvalue weighted by Gasteiger charge is 2.22. The number of halogens is 1. The second-order valence-electron chi connectivity index (χ2n) is 5.19. The van der Waals surface area contributed by atoms with E-state index in [4.69, 9.17) is 5.73 Å². The Bertz CT molecular complexity index is 434. The maximum atomic E-state index is 13.6. The van der Waals surface area contributed by atoms with Crippen LogP contribution < -0.4 is 10.6 Å². The van der Waals surface area contributed by atoms with Gasteiger partial charge < -0.3 is 15.7 Å². The summed E-state index contributed by atoms with van der Waals surface area (Å²) in [6, 6.07) is 3.15. The van der Waals surface area contributed by atoms with Crippen molar-refractivity contribution in [3.63, 3.8) is 0 Å². The van der Waals surface area contributed by atoms with Gasteiger partial charge in [0.1, 0.15) is 5.82 Å². The highest BCUT2D eigenvalue weighted by atomic mass is 19.1. The molecule has 1 aromatic carbocycles. The maximum absolute atomic E-state index is 13.6. The molecule has 0 aliphatic carbocycles. The summed E-state index contributed by atoms with van der Waals surface area (Å²) in [5, 5.41) is 9.75. The standard InChI is InChI=1S/C14H21FN2O/c1-9-6-14(12(10(2)16)7-13(9)15)17-5-3-4-11(18)8-17/h6-7,10-11,18H,3-5,8,16H2,1-2H3. The molecule has 1 aromatic rings. The lowest BCUT2D eigenvalue weighted by Crippen LogP contribution is -2.39. The van der Waals surface area contributed by atoms with Crippen LogP contribution in [-0.4, -0.2) is 24.3 Å². The van der Waals surface area contributed by atoms with Gasteiger partial charge in [0.15, 0.2) is 0 Å². The Morgan fingerprint density at radius 2 is 2.22 bits per heavy atom. The van der Waals surface area contributed by atoms with Gasteiger partial charge in [0.05, 0.1) is 6.10 Å². The molecule has 100 valence electrons. The molecule has 0 aromatic heterocycles. The topological polar surface area (TPSA) is 49.5 Å². The van der Waals surface area contributed by atoms with Crippen LogP contribution in [0.25, 0.3) is 0 Å². The first-order chi connectivity index (χ1) is 8.49. The lowest BCUT2D eigenvalue weighted by Gasteiger charge is -2.34. The number of benzene rings is 1. The minimum atomic E-state index is -0.301. The van der Waals surface area contributed by atoms with Crippen molar-refractivity contribution in [1.29, 1.82) is 0 Å². The Balaban J connectivity index is 2.38. The predicted octanol–water partition coefficient (Wildman–Crippen LogP) is 2.11. The van der Waals surface area contributed by atoms with Gasteiger partial charge in [-0.1, -0.05) is 0 Å². The van der Waals surface area contributed by atoms with Crippen LogP contribution in [0.3, 0.4) is 0 Å². The van der Waals surface area contributed by atoms with Crippen LogP contribution in [0, 0.1) is 12.7 Å². The van der Waals surface area contributed by atoms with E-state index in [1.54, 1.807) is 6.92 Å². The number of hydrogen-bond acceptors (Lipinski definition) is 3. The summed E-state index contributed by atoms with van der Waals surface area (Å²) in [6.07, 6.45) is 1.49. The van der Waals surface area contributed by atoms with Crippen molar-refractivity contribution in [2.45, 2.75) is 38.8 Å². The molecular formula is C14H21FN2O. The van der Waals surface area contributed by atoms with Crippen LogP contribution in [-0.2, 0) is 0 Å². The zero-order valence-corrected chi connectivity index (χ0v) is 11.0. The van der Waals surface area contributed by atoms with Gasteiger partial charge in [-0.05, 0) is 49.9 Å². The molecule has 2 unspecified atom stereocenters. The summed E-state index contributed by atoms with van der Waals surface area (Å²) < 4.78 is 13.6. The Labute approximate surface area is 107 Å². The van der Waals surface area contributed by atoms with Gasteiger partial charge in [-0.15, -0.1) is 0 Å². The Hall–Kier alpha value is -1.13. The zero-order chi connectivity index (χ0) is 13.3. The Morgan fingerprint density at radius 3 is 2.83 bits per heavy atom. The molecule has 2 atom stereocenters. The number of aryl methyl sites for hydroxylation is 1. The van der Waals surface area contributed by atoms with Gasteiger partial charge in [-0.2, -0.15) is 0 Å². The molecule has 3 N–H and O–H groups in total. The van der Waals surface area contributed by atoms with Gasteiger partial charge in [0, 0.05) is 24.8 Å². The summed E-state index contributed by atoms with van der Waals surface area (Å²) in [7, 11) is 0. The average molecular weight is 252 g/mol. The number of aliphatic hydroxyl groups is 1. The molecule has 0 bridgehead atoms. The third-order valence-corrected chi connectivity index (χ3v) is 3.54. The van der Waals surface area contributed by atoms with Crippen molar-refractivity contribution in [2.75, 3.05) is 18.0 Å². The van der Waals surface area contributed by atoms with E-state index in [1.165, 1.54) is 6.07 Å². The van der Waals surface area contributed by atoms with Gasteiger partial charge in [-0.25, -0.2) is 4.39 Å². The van der Waals surface area contributed by atoms with E-state index in [9.17, 15) is 9.50 Å². The fraction of sp³-hybridized carbons (Fsp3) is 0.571. The quantitative estimate of drug-likeness (QED) is 0.847. The zero-order valence-electron chi connectivity index (χ0n) is 11.0. The summed E-state index contributed by atoms with van der Waals surface area (Å²) >= 11 is 0. The largest absolute Gasteiger partial charge is 0.391 e. The van der Waals surface area contributed by atoms with Crippen molar-refractivity contribution in [2.24, 2.45) is 5.73 Å². The number of anilines is 1. The molecule has 0 saturated carbocycles. The maximum Gasteiger partial charge on any atom is 0.126 e. The molecule has 1 fully saturated rings. The lowest BCUT2D eigenvalue weighted by molar-refractivity contribution is 0.154. The molecule has 1 saturated heterocycles. The molecule has 0 amide bonds. The fourth-order valence-electron chi connectivity index (χ4n) is 2.49. The SMILES string of the molecule is Cc1cc(N2CCCC(O)C2)c(C(C)N)cc1F. The van der Waals surface area contributed by atoms with Crippen LogP contribution in [0.5, 0.6) is 0 Å². The number of β-amino-alcohol motifs (C(OH)–C–C–N with tert-alkyl or cyclic N) is 1. The molecule has 1 heterocycles. The molecule has 1 aliphatic heterocycles. The first-order valence-corrected chi connectivity index (χ1v) is 6.47. The van der Waals surface area contributed by atoms with E-state index in [2.05, 4.69) is 4.90 Å². The highest BCUT2D eigenvalue weighted by Crippen LogP contribution is 2.30. The molecular weight excluding hydrogens is 231 g/mol. The fourth-order valence-corrected chi connectivity index (χ4v) is 2.49. The molecule has 4 heteroatoms. The van der Waals surface area contributed by atoms with E-state index >= 15 is 0 Å². The van der Waals surface area contributed by atoms with Crippen LogP contribution in [0.15, 0.2) is 12.1 Å². The monoisotopic (exact) mass is 252 g/mol. The van der Waals surface area contributed by atoms with Crippen molar-refractivity contribution in [1.82, 2.24) is 0 Å². The van der Waals surface area contributed by atoms with Crippen LogP contribution >= 0.6 is 0 Å². The molecule has 0 spiro atoms. The summed E-state index contributed by atoms with van der Waals surface area (Å²) in [5.74, 6) is -0.219. The molecule has 3 nitrogen and oxygen atoms in total. The average Bonchev–Trinajstić information content (AvgIpc) is 2.31. The van der Waals surface area contributed by atoms with E-state index < -0.39 is 0 Å². The Morgan fingerprint density at radius 1 is 1.50 bits per heavy atom. The van der Waals surface area contributed by atoms with Crippen LogP contribution in [0.2, 0.25) is 0 Å². The lowest BCUT2D eigenvalue weighted by atomic mass is 10.00. The minimum absolute atomic E-state index is 0.214. The minimum Gasteiger partial charge on any atom is -0.391 e. The van der Waals surface area contributed by atoms with E-state index in [-0.39, 0.29) is 18.0 Å². The predicted molar refractivity (Wildman–Crippen MR) is 71.2 cm³/mol. The highest BCUT2D eigenvalue weighted by molar-refractivity contribution is 5.57. The number of rotatable bonds is 2. The molecule has 18 heavy (non-hydrogen) atoms. The molecule has 1 aliphatic rings. The van der Waals surface area contributed by atoms with E-state index in [1.807, 2.05) is 13.0 Å². The third kappa shape index (κ3) is 2.65. The number of hydrogen-bond donors (Lipinski definition) is 2. The number of nitrogens with two attached hydrogens (primary N) is 1. The molecule has 0 radical (unpaired) electrons. The van der Waals surface area contributed by atoms with E-state index in [0.29, 0.717) is 12.1 Å². The van der Waals surface area contributed by atoms with Gasteiger partial charge in [0.2, 0.25) is 0 Å². The van der Waals surface area contributed by atoms with Crippen LogP contribution in [0.1, 0.15) is 36.9 Å². The summed E-state index contributed by atoms with van der Waals surface area (Å²) in [5.41, 5.74) is 8.31. The third-order valence-electron chi connectivity index (χ3n) is 3.54. The summed E-state index contributed by atoms with van der Waals surface area (Å²) in [4.78, 5) is 2.11. The second-order valence-corrected chi connectivity index (χ2v) is 5.19. The molecule has 2 rings (SSSR count). The van der Waals surface area contributed by atoms with Crippen molar-refractivity contribution < 1.29 is 9.50 Å². The normalized spacial score (nSPS) is 22.1. The first-order valence-electron chi connectivity index (χ1n) is 6.47. The number of piperidine rings is 1. The smallest absolute Gasteiger partial charge is 0.126 e. The van der Waals surface area contributed by atoms with Gasteiger partial charge in [0.25, 0.3) is 0 Å². The summed E-state index contributed by atoms with van der Waals surface area (Å²) in [6.45, 7) is 5.10. The van der Waals surface area contributed by atoms with Crippen molar-refractivity contribution in [3.8, 4) is 0 Å². The van der Waals surface area contributed by atoms with E-state index in [0.717, 1.165) is 30.6 Å². The number of nitrogens with zero attached hydrogens (tertiary/aromatic N) is 1. The van der Waals surface area contributed by atoms with Crippen molar-refractivity contribution in [3.05, 3.63) is 29.1 Å². The van der Waals surface area contributed by atoms with Gasteiger partial charge in [-0.3, -0.25) is 0 Å². The van der Waals surface area contributed by atoms with Crippen molar-refractivity contribution >= 4 is 5.69 Å². The Kier molecular flexibility index (Phi) is 3.88. The second kappa shape index (κ2) is 5.24. The number of aliphatic hydroxyl groups excluding tert-OH is 1.